The average molecular weight is 750 g/mol. The van der Waals surface area contributed by atoms with Crippen molar-refractivity contribution in [3.8, 4) is 11.5 Å². The zero-order valence-corrected chi connectivity index (χ0v) is 29.1. The van der Waals surface area contributed by atoms with Crippen molar-refractivity contribution in [2.45, 2.75) is 36.4 Å². The standard InChI is InChI=1S/C30H33ClN8O9S2/c1-13-15(22(28(45)46)38-26(44)21(27(38)50-13)35-25(43)20(36-47)16-10-49-29(32)34-16)9-39-7-5-30(12-39,6-8-39)11-33-24(42)19(37-48-2)14-3-4-17(40)23(41)18(14)31/h3-4,10,13,21,27H,5-9,11-12H2,1-2H3,(H7-,32,33,34,35,36,37,40,41,42,43,45,46,47)/p+1/t13-,21+,27+,30?,39?/m0/s1. The number of nitrogens with zero attached hydrogens (tertiary/aromatic N) is 5. The Morgan fingerprint density at radius 1 is 1.22 bits per heavy atom. The van der Waals surface area contributed by atoms with E-state index in [2.05, 4.69) is 25.9 Å². The molecule has 3 atom stereocenters. The van der Waals surface area contributed by atoms with Gasteiger partial charge in [-0.1, -0.05) is 21.9 Å². The van der Waals surface area contributed by atoms with Gasteiger partial charge >= 0.3 is 5.97 Å². The second-order valence-corrected chi connectivity index (χ2v) is 15.5. The minimum absolute atomic E-state index is 0.0422. The Balaban J connectivity index is 1.14. The summed E-state index contributed by atoms with van der Waals surface area (Å²) in [4.78, 5) is 62.3. The third-order valence-electron chi connectivity index (χ3n) is 9.77. The number of carboxylic acids is 1. The van der Waals surface area contributed by atoms with Gasteiger partial charge in [-0.15, -0.1) is 23.1 Å². The molecule has 1 aromatic carbocycles. The number of amides is 3. The molecule has 3 amide bonds. The number of phenolic OH excluding ortho intramolecular Hbond substituents is 2. The first-order chi connectivity index (χ1) is 23.7. The molecule has 3 fully saturated rings. The van der Waals surface area contributed by atoms with Crippen LogP contribution in [0.4, 0.5) is 5.13 Å². The summed E-state index contributed by atoms with van der Waals surface area (Å²) in [7, 11) is 1.26. The number of quaternary nitrogens is 1. The fraction of sp³-hybridized carbons (Fsp3) is 0.433. The molecule has 20 heteroatoms. The van der Waals surface area contributed by atoms with E-state index in [1.165, 1.54) is 41.3 Å². The number of nitrogens with two attached hydrogens (primary N) is 1. The van der Waals surface area contributed by atoms with Crippen LogP contribution in [0.2, 0.25) is 5.02 Å². The molecule has 0 unspecified atom stereocenters. The summed E-state index contributed by atoms with van der Waals surface area (Å²) in [5.41, 5.74) is 5.39. The number of aromatic nitrogens is 1. The number of aliphatic carboxylic acids is 1. The highest BCUT2D eigenvalue weighted by Gasteiger charge is 2.59. The molecular weight excluding hydrogens is 716 g/mol. The quantitative estimate of drug-likeness (QED) is 0.0422. The highest BCUT2D eigenvalue weighted by atomic mass is 35.5. The van der Waals surface area contributed by atoms with E-state index in [-0.39, 0.29) is 43.5 Å². The van der Waals surface area contributed by atoms with Crippen LogP contribution >= 0.6 is 34.7 Å². The summed E-state index contributed by atoms with van der Waals surface area (Å²) in [6.45, 7) is 4.71. The Bertz CT molecular complexity index is 1870. The van der Waals surface area contributed by atoms with Crippen LogP contribution in [0.3, 0.4) is 0 Å². The van der Waals surface area contributed by atoms with E-state index in [0.717, 1.165) is 37.3 Å². The number of halogens is 1. The monoisotopic (exact) mass is 749 g/mol. The average Bonchev–Trinajstić information content (AvgIpc) is 3.79. The van der Waals surface area contributed by atoms with Crippen molar-refractivity contribution in [2.24, 2.45) is 15.7 Å². The number of carbonyl (C=O) groups excluding carboxylic acids is 3. The fourth-order valence-electron chi connectivity index (χ4n) is 7.29. The van der Waals surface area contributed by atoms with E-state index < -0.39 is 52.3 Å². The van der Waals surface area contributed by atoms with Crippen molar-refractivity contribution in [1.82, 2.24) is 20.5 Å². The number of carbonyl (C=O) groups is 4. The molecule has 6 rings (SSSR count). The molecular formula is C30H34ClN8O9S2+. The van der Waals surface area contributed by atoms with Crippen molar-refractivity contribution in [1.29, 1.82) is 0 Å². The number of oxime groups is 2. The van der Waals surface area contributed by atoms with Gasteiger partial charge in [0.05, 0.1) is 24.7 Å². The lowest BCUT2D eigenvalue weighted by Crippen LogP contribution is -2.71. The Labute approximate surface area is 298 Å². The zero-order valence-electron chi connectivity index (χ0n) is 26.8. The van der Waals surface area contributed by atoms with Crippen LogP contribution in [-0.2, 0) is 24.0 Å². The number of hydrogen-bond donors (Lipinski definition) is 7. The smallest absolute Gasteiger partial charge is 0.352 e. The Kier molecular flexibility index (Phi) is 9.35. The largest absolute Gasteiger partial charge is 0.504 e. The maximum Gasteiger partial charge on any atom is 0.352 e. The van der Waals surface area contributed by atoms with E-state index in [1.807, 2.05) is 6.92 Å². The topological polar surface area (TPSA) is 249 Å². The van der Waals surface area contributed by atoms with Crippen LogP contribution in [0, 0.1) is 5.41 Å². The van der Waals surface area contributed by atoms with Gasteiger partial charge in [-0.05, 0) is 19.1 Å². The van der Waals surface area contributed by atoms with Crippen LogP contribution < -0.4 is 16.4 Å². The second kappa shape index (κ2) is 13.3. The number of β-lactam (4-membered cyclic amide) rings is 1. The van der Waals surface area contributed by atoms with Gasteiger partial charge in [0.25, 0.3) is 17.7 Å². The van der Waals surface area contributed by atoms with Crippen LogP contribution in [0.25, 0.3) is 0 Å². The van der Waals surface area contributed by atoms with Crippen molar-refractivity contribution in [2.75, 3.05) is 45.6 Å². The summed E-state index contributed by atoms with van der Waals surface area (Å²) >= 11 is 8.59. The Hall–Kier alpha value is -4.59. The number of aromatic hydroxyl groups is 2. The molecule has 0 spiro atoms. The lowest BCUT2D eigenvalue weighted by molar-refractivity contribution is -0.905. The van der Waals surface area contributed by atoms with E-state index in [1.54, 1.807) is 0 Å². The number of benzene rings is 1. The predicted molar refractivity (Wildman–Crippen MR) is 182 cm³/mol. The Morgan fingerprint density at radius 2 is 1.94 bits per heavy atom. The maximum atomic E-state index is 13.4. The minimum Gasteiger partial charge on any atom is -0.504 e. The fourth-order valence-corrected chi connectivity index (χ4v) is 9.53. The zero-order chi connectivity index (χ0) is 36.1. The highest BCUT2D eigenvalue weighted by molar-refractivity contribution is 8.00. The highest BCUT2D eigenvalue weighted by Crippen LogP contribution is 2.49. The lowest BCUT2D eigenvalue weighted by Gasteiger charge is -2.51. The second-order valence-electron chi connectivity index (χ2n) is 12.7. The molecule has 50 heavy (non-hydrogen) atoms. The number of thioether (sulfide) groups is 1. The van der Waals surface area contributed by atoms with E-state index in [0.29, 0.717) is 29.7 Å². The minimum atomic E-state index is -1.25. The summed E-state index contributed by atoms with van der Waals surface area (Å²) in [5, 5.41) is 52.3. The number of thiazole rings is 1. The van der Waals surface area contributed by atoms with Crippen molar-refractivity contribution in [3.63, 3.8) is 0 Å². The van der Waals surface area contributed by atoms with Gasteiger partial charge in [-0.2, -0.15) is 0 Å². The van der Waals surface area contributed by atoms with Gasteiger partial charge in [0.15, 0.2) is 28.1 Å². The number of hydrogen-bond acceptors (Lipinski definition) is 14. The Morgan fingerprint density at radius 3 is 2.56 bits per heavy atom. The number of carboxylic acid groups (broad SMARTS) is 1. The molecule has 17 nitrogen and oxygen atoms in total. The molecule has 4 aliphatic heterocycles. The maximum absolute atomic E-state index is 13.4. The number of rotatable bonds is 11. The number of phenols is 2. The number of nitrogen functional groups attached to an aromatic ring is 1. The molecule has 8 N–H and O–H groups in total. The number of anilines is 1. The van der Waals surface area contributed by atoms with Gasteiger partial charge in [0.2, 0.25) is 0 Å². The molecule has 5 heterocycles. The first-order valence-corrected chi connectivity index (χ1v) is 17.6. The van der Waals surface area contributed by atoms with Crippen LogP contribution in [0.15, 0.2) is 39.1 Å². The summed E-state index contributed by atoms with van der Waals surface area (Å²) in [6, 6.07) is 1.49. The van der Waals surface area contributed by atoms with E-state index >= 15 is 0 Å². The van der Waals surface area contributed by atoms with Crippen molar-refractivity contribution in [3.05, 3.63) is 45.1 Å². The third-order valence-corrected chi connectivity index (χ3v) is 12.3. The summed E-state index contributed by atoms with van der Waals surface area (Å²) in [6.07, 6.45) is 1.53. The molecule has 266 valence electrons. The number of nitrogens with one attached hydrogen (secondary N) is 2. The number of piperidine rings is 1. The molecule has 0 radical (unpaired) electrons. The first kappa shape index (κ1) is 35.2. The molecule has 4 aliphatic rings. The van der Waals surface area contributed by atoms with Gasteiger partial charge in [0, 0.05) is 46.6 Å². The van der Waals surface area contributed by atoms with E-state index in [4.69, 9.17) is 22.2 Å². The van der Waals surface area contributed by atoms with Gasteiger partial charge in [0.1, 0.15) is 36.5 Å². The number of fused-ring (bicyclic) bond motifs is 3. The third kappa shape index (κ3) is 6.07. The normalized spacial score (nSPS) is 27.5. The van der Waals surface area contributed by atoms with Crippen molar-refractivity contribution >= 4 is 74.9 Å². The van der Waals surface area contributed by atoms with Gasteiger partial charge < -0.3 is 46.2 Å². The summed E-state index contributed by atoms with van der Waals surface area (Å²) in [5.74, 6) is -4.32. The SMILES string of the molecule is CO/N=C(\C(=O)NCC12CC[N+](CC3=C(C(=O)O)N4C(=O)[C@@H](NC(=O)/C(=N\O)c5csc(N)n5)[C@H]4S[C@H]3C)(CC1)C2)c1ccc(O)c(O)c1Cl. The van der Waals surface area contributed by atoms with E-state index in [9.17, 15) is 39.7 Å². The molecule has 1 aromatic heterocycles. The molecule has 2 aromatic rings. The van der Waals surface area contributed by atoms with Crippen LogP contribution in [0.5, 0.6) is 11.5 Å². The molecule has 3 saturated heterocycles. The van der Waals surface area contributed by atoms with Crippen LogP contribution in [0.1, 0.15) is 31.0 Å². The first-order valence-electron chi connectivity index (χ1n) is 15.4. The van der Waals surface area contributed by atoms with Gasteiger partial charge in [-0.3, -0.25) is 19.3 Å². The lowest BCUT2D eigenvalue weighted by atomic mass is 9.84. The predicted octanol–water partition coefficient (Wildman–Crippen LogP) is 0.873. The molecule has 0 saturated carbocycles. The van der Waals surface area contributed by atoms with Crippen LogP contribution in [-0.4, -0.2) is 127 Å². The molecule has 2 bridgehead atoms. The molecule has 0 aliphatic carbocycles. The summed E-state index contributed by atoms with van der Waals surface area (Å²) < 4.78 is 0.587. The van der Waals surface area contributed by atoms with Gasteiger partial charge in [-0.25, -0.2) is 9.78 Å². The van der Waals surface area contributed by atoms with Crippen molar-refractivity contribution < 1.29 is 49.0 Å².